The van der Waals surface area contributed by atoms with Gasteiger partial charge < -0.3 is 10.2 Å². The van der Waals surface area contributed by atoms with Crippen LogP contribution >= 0.6 is 11.3 Å². The van der Waals surface area contributed by atoms with Gasteiger partial charge in [0.2, 0.25) is 0 Å². The van der Waals surface area contributed by atoms with Crippen molar-refractivity contribution in [1.29, 1.82) is 0 Å². The van der Waals surface area contributed by atoms with Crippen LogP contribution in [0.5, 0.6) is 0 Å². The number of hydrogen-bond acceptors (Lipinski definition) is 4. The van der Waals surface area contributed by atoms with Crippen molar-refractivity contribution in [2.75, 3.05) is 18.0 Å². The van der Waals surface area contributed by atoms with Crippen LogP contribution in [-0.2, 0) is 13.1 Å². The maximum absolute atomic E-state index is 13.5. The fourth-order valence-corrected chi connectivity index (χ4v) is 2.99. The zero-order chi connectivity index (χ0) is 14.4. The summed E-state index contributed by atoms with van der Waals surface area (Å²) in [6.07, 6.45) is 1.90. The molecule has 0 fully saturated rings. The molecule has 0 saturated heterocycles. The fourth-order valence-electron chi connectivity index (χ4n) is 1.98. The first-order chi connectivity index (χ1) is 9.74. The summed E-state index contributed by atoms with van der Waals surface area (Å²) in [5, 5.41) is 4.31. The Hall–Kier alpha value is -1.46. The second-order valence-electron chi connectivity index (χ2n) is 4.48. The van der Waals surface area contributed by atoms with Crippen LogP contribution < -0.4 is 10.2 Å². The van der Waals surface area contributed by atoms with Gasteiger partial charge in [0.15, 0.2) is 5.13 Å². The number of aromatic nitrogens is 1. The van der Waals surface area contributed by atoms with Crippen LogP contribution in [0.25, 0.3) is 0 Å². The van der Waals surface area contributed by atoms with Crippen molar-refractivity contribution < 1.29 is 4.39 Å². The zero-order valence-electron chi connectivity index (χ0n) is 11.9. The van der Waals surface area contributed by atoms with Crippen molar-refractivity contribution in [1.82, 2.24) is 10.3 Å². The second kappa shape index (κ2) is 7.36. The van der Waals surface area contributed by atoms with Crippen LogP contribution in [0.2, 0.25) is 0 Å². The van der Waals surface area contributed by atoms with E-state index in [0.29, 0.717) is 18.7 Å². The zero-order valence-corrected chi connectivity index (χ0v) is 12.7. The summed E-state index contributed by atoms with van der Waals surface area (Å²) in [5.41, 5.74) is 0.695. The van der Waals surface area contributed by atoms with Crippen molar-refractivity contribution in [2.45, 2.75) is 26.9 Å². The molecule has 0 amide bonds. The van der Waals surface area contributed by atoms with E-state index < -0.39 is 0 Å². The summed E-state index contributed by atoms with van der Waals surface area (Å²) >= 11 is 1.69. The predicted molar refractivity (Wildman–Crippen MR) is 82.6 cm³/mol. The normalized spacial score (nSPS) is 10.8. The fraction of sp³-hybridized carbons (Fsp3) is 0.400. The van der Waals surface area contributed by atoms with Crippen LogP contribution in [0.4, 0.5) is 9.52 Å². The Morgan fingerprint density at radius 1 is 1.20 bits per heavy atom. The number of thiazole rings is 1. The molecular weight excluding hydrogens is 273 g/mol. The quantitative estimate of drug-likeness (QED) is 0.848. The summed E-state index contributed by atoms with van der Waals surface area (Å²) in [6, 6.07) is 6.85. The van der Waals surface area contributed by atoms with Gasteiger partial charge in [-0.1, -0.05) is 18.2 Å². The van der Waals surface area contributed by atoms with Crippen molar-refractivity contribution in [3.05, 3.63) is 46.7 Å². The van der Waals surface area contributed by atoms with Gasteiger partial charge in [0, 0.05) is 42.8 Å². The minimum Gasteiger partial charge on any atom is -0.349 e. The molecule has 0 aliphatic carbocycles. The first kappa shape index (κ1) is 14.9. The van der Waals surface area contributed by atoms with E-state index >= 15 is 0 Å². The lowest BCUT2D eigenvalue weighted by molar-refractivity contribution is 0.589. The second-order valence-corrected chi connectivity index (χ2v) is 5.57. The van der Waals surface area contributed by atoms with Crippen molar-refractivity contribution in [3.63, 3.8) is 0 Å². The Balaban J connectivity index is 1.87. The Labute approximate surface area is 123 Å². The molecule has 2 aromatic rings. The molecule has 0 saturated carbocycles. The number of anilines is 1. The number of nitrogens with one attached hydrogen (secondary N) is 1. The minimum atomic E-state index is -0.159. The molecule has 3 nitrogen and oxygen atoms in total. The summed E-state index contributed by atoms with van der Waals surface area (Å²) in [5.74, 6) is -0.159. The van der Waals surface area contributed by atoms with Crippen molar-refractivity contribution >= 4 is 16.5 Å². The molecule has 0 aliphatic heterocycles. The van der Waals surface area contributed by atoms with Gasteiger partial charge in [-0.25, -0.2) is 9.37 Å². The predicted octanol–water partition coefficient (Wildman–Crippen LogP) is 3.42. The van der Waals surface area contributed by atoms with Crippen LogP contribution in [0.15, 0.2) is 30.5 Å². The Bertz CT molecular complexity index is 537. The summed E-state index contributed by atoms with van der Waals surface area (Å²) < 4.78 is 13.5. The van der Waals surface area contributed by atoms with E-state index in [1.54, 1.807) is 23.5 Å². The molecule has 0 bridgehead atoms. The molecule has 0 radical (unpaired) electrons. The van der Waals surface area contributed by atoms with Gasteiger partial charge in [0.25, 0.3) is 0 Å². The highest BCUT2D eigenvalue weighted by Gasteiger charge is 2.07. The molecule has 1 heterocycles. The maximum atomic E-state index is 13.5. The average Bonchev–Trinajstić information content (AvgIpc) is 2.91. The molecule has 5 heteroatoms. The third-order valence-electron chi connectivity index (χ3n) is 3.15. The molecule has 20 heavy (non-hydrogen) atoms. The Morgan fingerprint density at radius 2 is 1.95 bits per heavy atom. The van der Waals surface area contributed by atoms with Crippen LogP contribution in [-0.4, -0.2) is 18.1 Å². The highest BCUT2D eigenvalue weighted by molar-refractivity contribution is 7.15. The largest absolute Gasteiger partial charge is 0.349 e. The van der Waals surface area contributed by atoms with Gasteiger partial charge in [-0.2, -0.15) is 0 Å². The van der Waals surface area contributed by atoms with E-state index in [0.717, 1.165) is 18.2 Å². The maximum Gasteiger partial charge on any atom is 0.185 e. The molecule has 0 atom stereocenters. The smallest absolute Gasteiger partial charge is 0.185 e. The van der Waals surface area contributed by atoms with Gasteiger partial charge in [0.1, 0.15) is 5.82 Å². The molecule has 2 rings (SSSR count). The Kier molecular flexibility index (Phi) is 5.49. The van der Waals surface area contributed by atoms with Gasteiger partial charge >= 0.3 is 0 Å². The molecule has 0 aliphatic rings. The lowest BCUT2D eigenvalue weighted by atomic mass is 10.2. The monoisotopic (exact) mass is 293 g/mol. The first-order valence-corrected chi connectivity index (χ1v) is 7.70. The van der Waals surface area contributed by atoms with Crippen molar-refractivity contribution in [3.8, 4) is 0 Å². The van der Waals surface area contributed by atoms with Gasteiger partial charge in [0.05, 0.1) is 0 Å². The third-order valence-corrected chi connectivity index (χ3v) is 4.21. The topological polar surface area (TPSA) is 28.2 Å². The summed E-state index contributed by atoms with van der Waals surface area (Å²) in [7, 11) is 0. The standard InChI is InChI=1S/C15H20FN3S/c1-3-19(4-2)15-18-11-13(20-15)10-17-9-12-7-5-6-8-14(12)16/h5-8,11,17H,3-4,9-10H2,1-2H3. The number of benzene rings is 1. The number of halogens is 1. The lowest BCUT2D eigenvalue weighted by Gasteiger charge is -2.16. The Morgan fingerprint density at radius 3 is 2.65 bits per heavy atom. The molecule has 0 unspecified atom stereocenters. The number of hydrogen-bond donors (Lipinski definition) is 1. The number of nitrogens with zero attached hydrogens (tertiary/aromatic N) is 2. The molecule has 0 spiro atoms. The molecular formula is C15H20FN3S. The summed E-state index contributed by atoms with van der Waals surface area (Å²) in [6.45, 7) is 7.43. The molecule has 1 N–H and O–H groups in total. The molecule has 1 aromatic heterocycles. The summed E-state index contributed by atoms with van der Waals surface area (Å²) in [4.78, 5) is 7.83. The van der Waals surface area contributed by atoms with Crippen LogP contribution in [0.3, 0.4) is 0 Å². The van der Waals surface area contributed by atoms with Gasteiger partial charge in [-0.15, -0.1) is 11.3 Å². The SMILES string of the molecule is CCN(CC)c1ncc(CNCc2ccccc2F)s1. The van der Waals surface area contributed by atoms with E-state index in [9.17, 15) is 4.39 Å². The average molecular weight is 293 g/mol. The lowest BCUT2D eigenvalue weighted by Crippen LogP contribution is -2.21. The van der Waals surface area contributed by atoms with E-state index in [1.165, 1.54) is 10.9 Å². The van der Waals surface area contributed by atoms with Crippen LogP contribution in [0, 0.1) is 5.82 Å². The van der Waals surface area contributed by atoms with Gasteiger partial charge in [-0.3, -0.25) is 0 Å². The molecule has 108 valence electrons. The van der Waals surface area contributed by atoms with E-state index in [1.807, 2.05) is 12.3 Å². The van der Waals surface area contributed by atoms with Gasteiger partial charge in [-0.05, 0) is 19.9 Å². The first-order valence-electron chi connectivity index (χ1n) is 6.88. The van der Waals surface area contributed by atoms with E-state index in [-0.39, 0.29) is 5.82 Å². The molecule has 1 aromatic carbocycles. The highest BCUT2D eigenvalue weighted by Crippen LogP contribution is 2.22. The third kappa shape index (κ3) is 3.77. The van der Waals surface area contributed by atoms with Crippen molar-refractivity contribution in [2.24, 2.45) is 0 Å². The van der Waals surface area contributed by atoms with E-state index in [2.05, 4.69) is 29.0 Å². The van der Waals surface area contributed by atoms with E-state index in [4.69, 9.17) is 0 Å². The highest BCUT2D eigenvalue weighted by atomic mass is 32.1. The number of rotatable bonds is 7. The minimum absolute atomic E-state index is 0.159. The van der Waals surface area contributed by atoms with Crippen LogP contribution in [0.1, 0.15) is 24.3 Å².